The van der Waals surface area contributed by atoms with Crippen molar-refractivity contribution in [2.75, 3.05) is 13.1 Å². The van der Waals surface area contributed by atoms with E-state index < -0.39 is 5.60 Å². The first-order valence-corrected chi connectivity index (χ1v) is 11.7. The third-order valence-corrected chi connectivity index (χ3v) is 7.62. The third-order valence-electron chi connectivity index (χ3n) is 7.10. The molecule has 2 saturated heterocycles. The average molecular weight is 421 g/mol. The molecule has 4 nitrogen and oxygen atoms in total. The minimum atomic E-state index is -1.03. The molecule has 0 saturated carbocycles. The van der Waals surface area contributed by atoms with Gasteiger partial charge in [0.05, 0.1) is 22.9 Å². The lowest BCUT2D eigenvalue weighted by molar-refractivity contribution is -0.173. The lowest BCUT2D eigenvalue weighted by Crippen LogP contribution is -2.79. The first-order chi connectivity index (χ1) is 13.9. The van der Waals surface area contributed by atoms with Crippen LogP contribution in [0.3, 0.4) is 0 Å². The van der Waals surface area contributed by atoms with Crippen LogP contribution in [0.2, 0.25) is 0 Å². The van der Waals surface area contributed by atoms with Crippen molar-refractivity contribution in [1.82, 2.24) is 9.80 Å². The topological polar surface area (TPSA) is 43.8 Å². The molecule has 0 aromatic carbocycles. The molecule has 0 aromatic heterocycles. The maximum absolute atomic E-state index is 13.5. The molecule has 5 rings (SSSR count). The molecule has 1 aliphatic carbocycles. The molecule has 0 unspecified atom stereocenters. The van der Waals surface area contributed by atoms with Gasteiger partial charge in [-0.15, -0.1) is 24.8 Å². The SMILES string of the molecule is C=CCC(O)(CC=C)[C@@H]1/C=C\[C@H]2[C@H]3C(=O)N(CCCC)[C@@H]1[C@H](Cl)[C@H]3N2CCCC. The van der Waals surface area contributed by atoms with Gasteiger partial charge in [-0.1, -0.05) is 51.0 Å². The number of alkyl halides is 1. The molecule has 4 aliphatic heterocycles. The average Bonchev–Trinajstić information content (AvgIpc) is 2.65. The van der Waals surface area contributed by atoms with Gasteiger partial charge in [0.1, 0.15) is 0 Å². The van der Waals surface area contributed by atoms with Gasteiger partial charge in [0.25, 0.3) is 0 Å². The fourth-order valence-corrected chi connectivity index (χ4v) is 6.24. The number of nitrogens with zero attached hydrogens (tertiary/aromatic N) is 2. The molecule has 1 N–H and O–H groups in total. The van der Waals surface area contributed by atoms with Gasteiger partial charge in [-0.25, -0.2) is 0 Å². The van der Waals surface area contributed by atoms with Crippen LogP contribution < -0.4 is 0 Å². The number of piperidine rings is 1. The van der Waals surface area contributed by atoms with Gasteiger partial charge in [0, 0.05) is 24.5 Å². The van der Waals surface area contributed by atoms with Crippen molar-refractivity contribution in [2.24, 2.45) is 11.8 Å². The Morgan fingerprint density at radius 2 is 1.72 bits per heavy atom. The van der Waals surface area contributed by atoms with Crippen LogP contribution in [0, 0.1) is 11.8 Å². The van der Waals surface area contributed by atoms with Gasteiger partial charge in [0.2, 0.25) is 5.91 Å². The molecule has 4 bridgehead atoms. The zero-order chi connectivity index (χ0) is 21.2. The van der Waals surface area contributed by atoms with Crippen molar-refractivity contribution in [3.8, 4) is 0 Å². The molecule has 6 atom stereocenters. The molecule has 0 radical (unpaired) electrons. The van der Waals surface area contributed by atoms with Crippen LogP contribution in [0.4, 0.5) is 0 Å². The largest absolute Gasteiger partial charge is 0.389 e. The summed E-state index contributed by atoms with van der Waals surface area (Å²) in [4.78, 5) is 18.0. The van der Waals surface area contributed by atoms with Crippen LogP contribution in [0.5, 0.6) is 0 Å². The summed E-state index contributed by atoms with van der Waals surface area (Å²) < 4.78 is 0. The van der Waals surface area contributed by atoms with E-state index in [1.54, 1.807) is 12.2 Å². The fraction of sp³-hybridized carbons (Fsp3) is 0.708. The van der Waals surface area contributed by atoms with E-state index in [1.165, 1.54) is 0 Å². The summed E-state index contributed by atoms with van der Waals surface area (Å²) in [7, 11) is 0. The van der Waals surface area contributed by atoms with Crippen molar-refractivity contribution >= 4 is 17.5 Å². The number of fused-ring (bicyclic) bond motifs is 1. The third kappa shape index (κ3) is 3.84. The predicted molar refractivity (Wildman–Crippen MR) is 120 cm³/mol. The van der Waals surface area contributed by atoms with Crippen LogP contribution in [-0.2, 0) is 4.79 Å². The minimum Gasteiger partial charge on any atom is -0.389 e. The molecule has 162 valence electrons. The summed E-state index contributed by atoms with van der Waals surface area (Å²) in [5.41, 5.74) is -1.03. The van der Waals surface area contributed by atoms with Crippen LogP contribution >= 0.6 is 11.6 Å². The van der Waals surface area contributed by atoms with Crippen molar-refractivity contribution < 1.29 is 9.90 Å². The van der Waals surface area contributed by atoms with Crippen LogP contribution in [0.1, 0.15) is 52.4 Å². The summed E-state index contributed by atoms with van der Waals surface area (Å²) in [6, 6.07) is -0.0684. The van der Waals surface area contributed by atoms with E-state index in [-0.39, 0.29) is 41.2 Å². The van der Waals surface area contributed by atoms with Gasteiger partial charge in [-0.3, -0.25) is 9.69 Å². The summed E-state index contributed by atoms with van der Waals surface area (Å²) in [6.07, 6.45) is 12.9. The van der Waals surface area contributed by atoms with Crippen LogP contribution in [0.25, 0.3) is 0 Å². The molecular weight excluding hydrogens is 384 g/mol. The van der Waals surface area contributed by atoms with Gasteiger partial charge in [-0.05, 0) is 32.2 Å². The van der Waals surface area contributed by atoms with Gasteiger partial charge in [0.15, 0.2) is 0 Å². The van der Waals surface area contributed by atoms with Crippen molar-refractivity contribution in [3.05, 3.63) is 37.5 Å². The Bertz CT molecular complexity index is 639. The maximum Gasteiger partial charge on any atom is 0.229 e. The van der Waals surface area contributed by atoms with Gasteiger partial charge >= 0.3 is 0 Å². The number of hydrogen-bond acceptors (Lipinski definition) is 3. The monoisotopic (exact) mass is 420 g/mol. The highest BCUT2D eigenvalue weighted by atomic mass is 35.5. The Kier molecular flexibility index (Phi) is 7.29. The lowest BCUT2D eigenvalue weighted by Gasteiger charge is -2.64. The Labute approximate surface area is 181 Å². The van der Waals surface area contributed by atoms with E-state index in [0.717, 1.165) is 32.2 Å². The first kappa shape index (κ1) is 22.6. The van der Waals surface area contributed by atoms with Crippen molar-refractivity contribution in [2.45, 2.75) is 81.5 Å². The van der Waals surface area contributed by atoms with Gasteiger partial charge in [-0.2, -0.15) is 0 Å². The quantitative estimate of drug-likeness (QED) is 0.403. The summed E-state index contributed by atoms with van der Waals surface area (Å²) >= 11 is 7.16. The molecule has 5 heteroatoms. The second kappa shape index (κ2) is 9.36. The van der Waals surface area contributed by atoms with E-state index in [9.17, 15) is 9.90 Å². The molecule has 1 amide bonds. The summed E-state index contributed by atoms with van der Waals surface area (Å²) in [5, 5.41) is 11.4. The first-order valence-electron chi connectivity index (χ1n) is 11.3. The van der Waals surface area contributed by atoms with E-state index >= 15 is 0 Å². The highest BCUT2D eigenvalue weighted by Crippen LogP contribution is 2.50. The fourth-order valence-electron chi connectivity index (χ4n) is 5.65. The van der Waals surface area contributed by atoms with Crippen molar-refractivity contribution in [3.63, 3.8) is 0 Å². The van der Waals surface area contributed by atoms with E-state index in [0.29, 0.717) is 19.4 Å². The maximum atomic E-state index is 13.5. The summed E-state index contributed by atoms with van der Waals surface area (Å²) in [6.45, 7) is 13.7. The zero-order valence-corrected chi connectivity index (χ0v) is 18.7. The standard InChI is InChI=1S/C24H37ClN2O2/c1-5-9-15-26-18-12-11-17(24(29,13-7-3)14-8-4)21-20(25)22(26)19(18)23(28)27(21)16-10-6-2/h7-8,11-12,17-22,29H,3-6,9-10,13-16H2,1-2H3/b12-11-/t17-,18+,19-,20+,21+,22+/m1/s1. The molecule has 0 aromatic rings. The molecule has 5 aliphatic rings. The van der Waals surface area contributed by atoms with E-state index in [1.807, 2.05) is 4.90 Å². The highest BCUT2D eigenvalue weighted by Gasteiger charge is 2.64. The molecule has 2 fully saturated rings. The number of carbonyl (C=O) groups is 1. The second-order valence-corrected chi connectivity index (χ2v) is 9.42. The second-order valence-electron chi connectivity index (χ2n) is 8.92. The number of rotatable bonds is 11. The molecule has 29 heavy (non-hydrogen) atoms. The minimum absolute atomic E-state index is 0.0495. The Hall–Kier alpha value is -1.10. The number of unbranched alkanes of at least 4 members (excludes halogenated alkanes) is 2. The zero-order valence-electron chi connectivity index (χ0n) is 18.0. The Morgan fingerprint density at radius 1 is 1.10 bits per heavy atom. The molecular formula is C24H37ClN2O2. The number of carbonyl (C=O) groups excluding carboxylic acids is 1. The van der Waals surface area contributed by atoms with E-state index in [4.69, 9.17) is 11.6 Å². The molecule has 4 heterocycles. The number of aliphatic hydroxyl groups is 1. The highest BCUT2D eigenvalue weighted by molar-refractivity contribution is 6.22. The Morgan fingerprint density at radius 3 is 2.31 bits per heavy atom. The summed E-state index contributed by atoms with van der Waals surface area (Å²) in [5.74, 6) is -0.0649. The number of amides is 1. The Balaban J connectivity index is 2.03. The van der Waals surface area contributed by atoms with Gasteiger partial charge < -0.3 is 10.0 Å². The number of halogens is 1. The normalized spacial score (nSPS) is 35.0. The van der Waals surface area contributed by atoms with Crippen LogP contribution in [-0.4, -0.2) is 63.0 Å². The van der Waals surface area contributed by atoms with Crippen LogP contribution in [0.15, 0.2) is 37.5 Å². The lowest BCUT2D eigenvalue weighted by atomic mass is 9.63. The van der Waals surface area contributed by atoms with Crippen molar-refractivity contribution in [1.29, 1.82) is 0 Å². The van der Waals surface area contributed by atoms with E-state index in [2.05, 4.69) is 44.1 Å². The number of hydrogen-bond donors (Lipinski definition) is 1. The molecule has 0 spiro atoms. The smallest absolute Gasteiger partial charge is 0.229 e. The predicted octanol–water partition coefficient (Wildman–Crippen LogP) is 4.14.